The number of nitrogens with zero attached hydrogens (tertiary/aromatic N) is 1. The maximum absolute atomic E-state index is 15.7. The lowest BCUT2D eigenvalue weighted by molar-refractivity contribution is -0.242. The zero-order valence-electron chi connectivity index (χ0n) is 69.2. The molecule has 608 valence electrons. The monoisotopic (exact) mass is 1580 g/mol. The van der Waals surface area contributed by atoms with Gasteiger partial charge in [-0.15, -0.1) is 13.2 Å². The Kier molecular flexibility index (Phi) is 28.8. The lowest BCUT2D eigenvalue weighted by Crippen LogP contribution is -2.67. The summed E-state index contributed by atoms with van der Waals surface area (Å²) in [6, 6.07) is 43.9. The van der Waals surface area contributed by atoms with Gasteiger partial charge in [0, 0.05) is 63.4 Å². The molecule has 7 saturated heterocycles. The molecule has 19 heteroatoms. The van der Waals surface area contributed by atoms with Crippen LogP contribution < -0.4 is 20.7 Å². The topological polar surface area (TPSA) is 179 Å². The fraction of sp³-hybridized carbons (Fsp3) is 0.609. The SMILES string of the molecule is C=CCOC/C=C/[C@H]1CC(=C)[C@H](CCC2CC(C)C(=C)C(C[C@@H]3O[C@H](CC4CN(C(=O)OC(C)(C)C)C(C)(C)O4)[C@H](OC)C3CC(=O)CC3CCC4O[C@H]5C(CC(C)(C)[Si](O)(c6ccccc6)c6ccccc6)C(CC(C=C)O[Si](CC)(CC)CC)OC5C(CC(C)(C)[Si](O)(c5ccccc5)c5ccccc5)[C@H]4O3)O2)O1. The van der Waals surface area contributed by atoms with E-state index in [9.17, 15) is 14.4 Å². The quantitative estimate of drug-likeness (QED) is 0.0252. The summed E-state index contributed by atoms with van der Waals surface area (Å²) in [5.74, 6) is -0.730. The van der Waals surface area contributed by atoms with Gasteiger partial charge in [0.2, 0.25) is 0 Å². The van der Waals surface area contributed by atoms with Crippen molar-refractivity contribution in [3.05, 3.63) is 183 Å². The molecule has 2 N–H and O–H groups in total. The third kappa shape index (κ3) is 19.5. The number of carbonyl (C=O) groups is 2. The molecule has 0 saturated carbocycles. The highest BCUT2D eigenvalue weighted by Crippen LogP contribution is 2.56. The second-order valence-corrected chi connectivity index (χ2v) is 48.5. The number of fused-ring (bicyclic) bond motifs is 2. The van der Waals surface area contributed by atoms with Crippen molar-refractivity contribution in [2.75, 3.05) is 26.9 Å². The van der Waals surface area contributed by atoms with Crippen molar-refractivity contribution >= 4 is 57.6 Å². The van der Waals surface area contributed by atoms with Crippen LogP contribution in [0.3, 0.4) is 0 Å². The molecular weight excluding hydrogens is 1440 g/mol. The number of carbonyl (C=O) groups excluding carboxylic acids is 2. The zero-order chi connectivity index (χ0) is 79.8. The number of ketones is 1. The van der Waals surface area contributed by atoms with Gasteiger partial charge in [-0.05, 0) is 146 Å². The van der Waals surface area contributed by atoms with Gasteiger partial charge in [-0.2, -0.15) is 0 Å². The lowest BCUT2D eigenvalue weighted by Gasteiger charge is -2.52. The molecule has 7 heterocycles. The Morgan fingerprint density at radius 3 is 1.75 bits per heavy atom. The van der Waals surface area contributed by atoms with Crippen molar-refractivity contribution in [3.8, 4) is 0 Å². The van der Waals surface area contributed by atoms with Gasteiger partial charge in [0.05, 0.1) is 111 Å². The van der Waals surface area contributed by atoms with Crippen LogP contribution in [0.2, 0.25) is 28.2 Å². The maximum atomic E-state index is 15.7. The molecule has 0 spiro atoms. The Morgan fingerprint density at radius 1 is 0.640 bits per heavy atom. The van der Waals surface area contributed by atoms with E-state index < -0.39 is 107 Å². The third-order valence-corrected chi connectivity index (χ3v) is 39.9. The van der Waals surface area contributed by atoms with Crippen LogP contribution in [0, 0.1) is 23.7 Å². The second kappa shape index (κ2) is 36.9. The summed E-state index contributed by atoms with van der Waals surface area (Å²) in [4.78, 5) is 59.2. The van der Waals surface area contributed by atoms with Crippen molar-refractivity contribution in [3.63, 3.8) is 0 Å². The van der Waals surface area contributed by atoms with Crippen LogP contribution >= 0.6 is 0 Å². The van der Waals surface area contributed by atoms with E-state index in [1.807, 2.05) is 120 Å². The van der Waals surface area contributed by atoms with Crippen LogP contribution in [0.25, 0.3) is 0 Å². The van der Waals surface area contributed by atoms with Crippen LogP contribution in [0.1, 0.15) is 173 Å². The van der Waals surface area contributed by atoms with Crippen LogP contribution in [0.5, 0.6) is 0 Å². The van der Waals surface area contributed by atoms with Crippen LogP contribution in [0.4, 0.5) is 4.79 Å². The molecular formula is C92H133NO15Si3. The van der Waals surface area contributed by atoms with Gasteiger partial charge >= 0.3 is 6.09 Å². The molecule has 7 aliphatic rings. The Bertz CT molecular complexity index is 3670. The predicted octanol–water partition coefficient (Wildman–Crippen LogP) is 15.6. The number of ether oxygens (including phenoxy) is 10. The molecule has 7 aliphatic heterocycles. The lowest BCUT2D eigenvalue weighted by atomic mass is 9.74. The number of benzene rings is 4. The molecule has 19 atom stereocenters. The van der Waals surface area contributed by atoms with Crippen molar-refractivity contribution in [2.45, 2.75) is 305 Å². The summed E-state index contributed by atoms with van der Waals surface area (Å²) in [7, 11) is -7.74. The van der Waals surface area contributed by atoms with E-state index in [1.54, 1.807) is 18.1 Å². The summed E-state index contributed by atoms with van der Waals surface area (Å²) in [6.45, 7) is 45.9. The molecule has 4 aromatic rings. The van der Waals surface area contributed by atoms with Gasteiger partial charge in [-0.25, -0.2) is 4.79 Å². The number of rotatable bonds is 35. The molecule has 0 radical (unpaired) electrons. The molecule has 4 aromatic carbocycles. The zero-order valence-corrected chi connectivity index (χ0v) is 72.2. The fourth-order valence-electron chi connectivity index (χ4n) is 20.0. The summed E-state index contributed by atoms with van der Waals surface area (Å²) in [5.41, 5.74) is 0.418. The van der Waals surface area contributed by atoms with Crippen molar-refractivity contribution < 1.29 is 71.0 Å². The first-order valence-electron chi connectivity index (χ1n) is 41.7. The second-order valence-electron chi connectivity index (χ2n) is 35.9. The summed E-state index contributed by atoms with van der Waals surface area (Å²) in [5, 5.41) is 2.30. The first kappa shape index (κ1) is 86.5. The number of amides is 1. The van der Waals surface area contributed by atoms with Gasteiger partial charge in [0.25, 0.3) is 16.6 Å². The minimum atomic E-state index is -3.68. The number of hydrogen-bond donors (Lipinski definition) is 2. The largest absolute Gasteiger partial charge is 0.444 e. The molecule has 0 aromatic heterocycles. The van der Waals surface area contributed by atoms with Crippen LogP contribution in [0.15, 0.2) is 183 Å². The first-order chi connectivity index (χ1) is 52.8. The molecule has 0 bridgehead atoms. The van der Waals surface area contributed by atoms with E-state index in [4.69, 9.17) is 51.8 Å². The third-order valence-electron chi connectivity index (χ3n) is 26.2. The molecule has 1 amide bonds. The Balaban J connectivity index is 0.905. The van der Waals surface area contributed by atoms with Gasteiger partial charge in [-0.1, -0.05) is 214 Å². The molecule has 11 rings (SSSR count). The average molecular weight is 1580 g/mol. The fourth-order valence-corrected chi connectivity index (χ4v) is 30.4. The van der Waals surface area contributed by atoms with Crippen LogP contribution in [-0.2, 0) is 56.6 Å². The van der Waals surface area contributed by atoms with E-state index >= 15 is 4.79 Å². The predicted molar refractivity (Wildman–Crippen MR) is 448 cm³/mol. The Labute approximate surface area is 667 Å². The van der Waals surface area contributed by atoms with Crippen molar-refractivity contribution in [1.29, 1.82) is 0 Å². The summed E-state index contributed by atoms with van der Waals surface area (Å²) < 4.78 is 76.4. The summed E-state index contributed by atoms with van der Waals surface area (Å²) in [6.07, 6.45) is 8.99. The highest BCUT2D eigenvalue weighted by atomic mass is 28.4. The minimum absolute atomic E-state index is 0.0358. The molecule has 0 aliphatic carbocycles. The van der Waals surface area contributed by atoms with Crippen molar-refractivity contribution in [1.82, 2.24) is 4.90 Å². The van der Waals surface area contributed by atoms with Gasteiger partial charge in [0.1, 0.15) is 17.1 Å². The maximum Gasteiger partial charge on any atom is 0.412 e. The van der Waals surface area contributed by atoms with Crippen molar-refractivity contribution in [2.24, 2.45) is 23.7 Å². The van der Waals surface area contributed by atoms with Gasteiger partial charge < -0.3 is 61.4 Å². The molecule has 111 heavy (non-hydrogen) atoms. The highest BCUT2D eigenvalue weighted by molar-refractivity contribution is 6.99. The smallest absolute Gasteiger partial charge is 0.412 e. The van der Waals surface area contributed by atoms with E-state index in [0.29, 0.717) is 58.2 Å². The standard InChI is InChI=1S/C92H133NO15Si3/c1-19-50-99-51-36-37-67-53-63(7)78(100-67)48-46-68-52-62(6)64(8)80(101-68)58-82-75(84(98-18)83(103-82)57-70-61-93(92(16,17)106-70)88(95)107-89(9,10)11)55-65(94)54-69-47-49-79-85(102-69)77(60-91(14,15)111(97,73-42-32-26-33-43-73)74-44-34-27-35-45-74)87-86(104-79)76(81(105-87)56-66(20-2)108-109(21-3,22-4)23-5)59-90(12,13)110(96,71-38-28-24-29-39-71)72-40-30-25-31-41-72/h19-20,24-45,62,66-70,75-87,96-97H,1-2,7-8,21-23,46-61H2,3-6,9-18H3/b37-36+/t62?,66?,67-,68?,69?,70?,75?,76?,77?,78-,79?,80?,81?,82-,83+,84+,85+,86-,87?/m0/s1. The number of methoxy groups -OCH3 is 1. The molecule has 12 unspecified atom stereocenters. The van der Waals surface area contributed by atoms with E-state index in [1.165, 1.54) is 0 Å². The minimum Gasteiger partial charge on any atom is -0.444 e. The van der Waals surface area contributed by atoms with E-state index in [0.717, 1.165) is 75.7 Å². The normalized spacial score (nSPS) is 30.3. The number of hydrogen-bond acceptors (Lipinski definition) is 15. The van der Waals surface area contributed by atoms with Gasteiger partial charge in [0.15, 0.2) is 8.32 Å². The molecule has 7 fully saturated rings. The van der Waals surface area contributed by atoms with E-state index in [2.05, 4.69) is 136 Å². The van der Waals surface area contributed by atoms with Crippen LogP contribution in [-0.4, -0.2) is 181 Å². The first-order valence-corrected chi connectivity index (χ1v) is 48.1. The molecule has 16 nitrogen and oxygen atoms in total. The number of Topliss-reactive ketones (excluding diaryl/α,β-unsaturated/α-hetero) is 1. The van der Waals surface area contributed by atoms with Gasteiger partial charge in [-0.3, -0.25) is 9.69 Å². The van der Waals surface area contributed by atoms with E-state index in [-0.39, 0.29) is 85.7 Å². The Morgan fingerprint density at radius 2 is 1.21 bits per heavy atom. The highest BCUT2D eigenvalue weighted by Gasteiger charge is 2.63. The Hall–Kier alpha value is -5.31. The summed E-state index contributed by atoms with van der Waals surface area (Å²) >= 11 is 0. The average Bonchev–Trinajstić information content (AvgIpc) is 1.70.